The van der Waals surface area contributed by atoms with Crippen molar-refractivity contribution in [2.75, 3.05) is 7.11 Å². The first-order valence-corrected chi connectivity index (χ1v) is 3.04. The van der Waals surface area contributed by atoms with E-state index in [1.54, 1.807) is 18.0 Å². The SMILES string of the molecule is [B]Cc1nn(C)cc1OC. The van der Waals surface area contributed by atoms with Crippen molar-refractivity contribution in [3.8, 4) is 5.75 Å². The molecule has 0 spiro atoms. The Balaban J connectivity index is 2.96. The summed E-state index contributed by atoms with van der Waals surface area (Å²) >= 11 is 0. The van der Waals surface area contributed by atoms with Gasteiger partial charge in [-0.05, 0) is 6.32 Å². The van der Waals surface area contributed by atoms with Gasteiger partial charge in [0.1, 0.15) is 0 Å². The average Bonchev–Trinajstić information content (AvgIpc) is 2.30. The summed E-state index contributed by atoms with van der Waals surface area (Å²) in [7, 11) is 8.83. The lowest BCUT2D eigenvalue weighted by Gasteiger charge is -1.94. The molecule has 0 bridgehead atoms. The minimum atomic E-state index is 0.421. The predicted octanol–water partition coefficient (Wildman–Crippen LogP) is 0.0972. The van der Waals surface area contributed by atoms with Crippen LogP contribution in [-0.2, 0) is 13.4 Å². The Morgan fingerprint density at radius 2 is 2.50 bits per heavy atom. The molecule has 0 aromatic carbocycles. The number of methoxy groups -OCH3 is 1. The number of rotatable bonds is 2. The highest BCUT2D eigenvalue weighted by atomic mass is 16.5. The van der Waals surface area contributed by atoms with Crippen molar-refractivity contribution in [3.05, 3.63) is 11.9 Å². The van der Waals surface area contributed by atoms with Crippen LogP contribution in [-0.4, -0.2) is 24.7 Å². The molecule has 52 valence electrons. The first kappa shape index (κ1) is 7.19. The standard InChI is InChI=1S/C6H9BN2O/c1-9-4-6(10-2)5(3-7)8-9/h4H,3H2,1-2H3. The molecule has 0 aliphatic carbocycles. The molecule has 4 heteroatoms. The molecule has 0 aliphatic heterocycles. The van der Waals surface area contributed by atoms with Gasteiger partial charge >= 0.3 is 0 Å². The Kier molecular flexibility index (Phi) is 1.99. The van der Waals surface area contributed by atoms with Gasteiger partial charge in [-0.25, -0.2) is 0 Å². The Morgan fingerprint density at radius 3 is 2.90 bits per heavy atom. The molecule has 3 nitrogen and oxygen atoms in total. The highest BCUT2D eigenvalue weighted by molar-refractivity contribution is 6.08. The van der Waals surface area contributed by atoms with Gasteiger partial charge in [0.2, 0.25) is 0 Å². The van der Waals surface area contributed by atoms with Gasteiger partial charge in [-0.15, -0.1) is 0 Å². The summed E-state index contributed by atoms with van der Waals surface area (Å²) in [5, 5.41) is 4.07. The summed E-state index contributed by atoms with van der Waals surface area (Å²) in [5.41, 5.74) is 0.796. The van der Waals surface area contributed by atoms with Crippen LogP contribution in [0.15, 0.2) is 6.20 Å². The van der Waals surface area contributed by atoms with Gasteiger partial charge in [-0.2, -0.15) is 5.10 Å². The molecule has 0 atom stereocenters. The molecule has 10 heavy (non-hydrogen) atoms. The maximum absolute atomic E-state index is 5.38. The fourth-order valence-electron chi connectivity index (χ4n) is 0.825. The van der Waals surface area contributed by atoms with Crippen LogP contribution in [0.3, 0.4) is 0 Å². The molecule has 0 saturated heterocycles. The van der Waals surface area contributed by atoms with Crippen molar-refractivity contribution in [2.24, 2.45) is 7.05 Å². The van der Waals surface area contributed by atoms with Crippen molar-refractivity contribution < 1.29 is 4.74 Å². The van der Waals surface area contributed by atoms with Crippen molar-refractivity contribution in [1.82, 2.24) is 9.78 Å². The summed E-state index contributed by atoms with van der Waals surface area (Å²) in [6.45, 7) is 0. The normalized spacial score (nSPS) is 9.80. The minimum Gasteiger partial charge on any atom is -0.493 e. The average molecular weight is 136 g/mol. The van der Waals surface area contributed by atoms with E-state index in [2.05, 4.69) is 5.10 Å². The quantitative estimate of drug-likeness (QED) is 0.539. The van der Waals surface area contributed by atoms with Crippen LogP contribution in [0.2, 0.25) is 0 Å². The molecule has 0 saturated carbocycles. The van der Waals surface area contributed by atoms with E-state index in [-0.39, 0.29) is 0 Å². The topological polar surface area (TPSA) is 27.1 Å². The van der Waals surface area contributed by atoms with E-state index in [0.717, 1.165) is 11.4 Å². The number of hydrogen-bond acceptors (Lipinski definition) is 2. The van der Waals surface area contributed by atoms with Gasteiger partial charge in [0, 0.05) is 7.05 Å². The summed E-state index contributed by atoms with van der Waals surface area (Å²) < 4.78 is 6.68. The molecule has 1 heterocycles. The third-order valence-electron chi connectivity index (χ3n) is 1.28. The molecule has 1 rings (SSSR count). The number of aryl methyl sites for hydroxylation is 1. The van der Waals surface area contributed by atoms with E-state index in [9.17, 15) is 0 Å². The van der Waals surface area contributed by atoms with Crippen LogP contribution in [0.25, 0.3) is 0 Å². The van der Waals surface area contributed by atoms with Crippen molar-refractivity contribution in [1.29, 1.82) is 0 Å². The first-order valence-electron chi connectivity index (χ1n) is 3.04. The summed E-state index contributed by atoms with van der Waals surface area (Å²) in [4.78, 5) is 0. The lowest BCUT2D eigenvalue weighted by molar-refractivity contribution is 0.411. The summed E-state index contributed by atoms with van der Waals surface area (Å²) in [5.74, 6) is 0.755. The van der Waals surface area contributed by atoms with Gasteiger partial charge in [0.05, 0.1) is 26.8 Å². The number of aromatic nitrogens is 2. The Morgan fingerprint density at radius 1 is 1.80 bits per heavy atom. The third-order valence-corrected chi connectivity index (χ3v) is 1.28. The van der Waals surface area contributed by atoms with Crippen LogP contribution in [0.5, 0.6) is 5.75 Å². The second kappa shape index (κ2) is 2.77. The van der Waals surface area contributed by atoms with E-state index in [0.29, 0.717) is 6.32 Å². The second-order valence-electron chi connectivity index (χ2n) is 2.02. The first-order chi connectivity index (χ1) is 4.77. The third kappa shape index (κ3) is 1.15. The van der Waals surface area contributed by atoms with E-state index in [4.69, 9.17) is 12.6 Å². The predicted molar refractivity (Wildman–Crippen MR) is 39.2 cm³/mol. The number of nitrogens with zero attached hydrogens (tertiary/aromatic N) is 2. The molecule has 1 aromatic heterocycles. The molecule has 0 aliphatic rings. The molecular formula is C6H9BN2O. The lowest BCUT2D eigenvalue weighted by Crippen LogP contribution is -1.91. The zero-order chi connectivity index (χ0) is 7.56. The Bertz CT molecular complexity index is 200. The van der Waals surface area contributed by atoms with Crippen LogP contribution in [0, 0.1) is 0 Å². The zero-order valence-electron chi connectivity index (χ0n) is 6.16. The minimum absolute atomic E-state index is 0.421. The summed E-state index contributed by atoms with van der Waals surface area (Å²) in [6, 6.07) is 0. The fourth-order valence-corrected chi connectivity index (χ4v) is 0.825. The molecule has 0 amide bonds. The molecule has 0 unspecified atom stereocenters. The Hall–Kier alpha value is -0.925. The van der Waals surface area contributed by atoms with Gasteiger partial charge in [-0.3, -0.25) is 4.68 Å². The maximum atomic E-state index is 5.38. The molecular weight excluding hydrogens is 127 g/mol. The van der Waals surface area contributed by atoms with E-state index >= 15 is 0 Å². The molecule has 0 fully saturated rings. The smallest absolute Gasteiger partial charge is 0.159 e. The highest BCUT2D eigenvalue weighted by Crippen LogP contribution is 2.14. The van der Waals surface area contributed by atoms with Crippen LogP contribution < -0.4 is 4.74 Å². The fraction of sp³-hybridized carbons (Fsp3) is 0.500. The lowest BCUT2D eigenvalue weighted by atomic mass is 10.0. The van der Waals surface area contributed by atoms with Crippen LogP contribution in [0.4, 0.5) is 0 Å². The second-order valence-corrected chi connectivity index (χ2v) is 2.02. The van der Waals surface area contributed by atoms with Gasteiger partial charge < -0.3 is 4.74 Å². The van der Waals surface area contributed by atoms with Crippen LogP contribution >= 0.6 is 0 Å². The van der Waals surface area contributed by atoms with Crippen molar-refractivity contribution in [3.63, 3.8) is 0 Å². The largest absolute Gasteiger partial charge is 0.493 e. The summed E-state index contributed by atoms with van der Waals surface area (Å²) in [6.07, 6.45) is 2.21. The maximum Gasteiger partial charge on any atom is 0.159 e. The zero-order valence-corrected chi connectivity index (χ0v) is 6.16. The van der Waals surface area contributed by atoms with Gasteiger partial charge in [0.15, 0.2) is 5.75 Å². The van der Waals surface area contributed by atoms with Gasteiger partial charge in [-0.1, -0.05) is 0 Å². The molecule has 2 radical (unpaired) electrons. The van der Waals surface area contributed by atoms with Crippen molar-refractivity contribution >= 4 is 7.85 Å². The van der Waals surface area contributed by atoms with Gasteiger partial charge in [0.25, 0.3) is 0 Å². The van der Waals surface area contributed by atoms with Crippen LogP contribution in [0.1, 0.15) is 5.69 Å². The van der Waals surface area contributed by atoms with E-state index in [1.165, 1.54) is 0 Å². The number of hydrogen-bond donors (Lipinski definition) is 0. The highest BCUT2D eigenvalue weighted by Gasteiger charge is 2.03. The monoisotopic (exact) mass is 136 g/mol. The Labute approximate surface area is 61.4 Å². The van der Waals surface area contributed by atoms with E-state index < -0.39 is 0 Å². The molecule has 0 N–H and O–H groups in total. The van der Waals surface area contributed by atoms with Crippen molar-refractivity contribution in [2.45, 2.75) is 6.32 Å². The number of ether oxygens (including phenoxy) is 1. The van der Waals surface area contributed by atoms with E-state index in [1.807, 2.05) is 7.05 Å². The molecule has 1 aromatic rings.